The first-order chi connectivity index (χ1) is 14.2. The number of urea groups is 1. The first-order valence-corrected chi connectivity index (χ1v) is 10.6. The molecule has 0 atom stereocenters. The molecule has 0 fully saturated rings. The van der Waals surface area contributed by atoms with E-state index in [1.54, 1.807) is 25.1 Å². The highest BCUT2D eigenvalue weighted by Gasteiger charge is 2.27. The molecule has 0 aliphatic carbocycles. The maximum Gasteiger partial charge on any atom is 0.335 e. The predicted molar refractivity (Wildman–Crippen MR) is 109 cm³/mol. The van der Waals surface area contributed by atoms with Crippen molar-refractivity contribution in [2.45, 2.75) is 25.3 Å². The highest BCUT2D eigenvalue weighted by molar-refractivity contribution is 7.90. The van der Waals surface area contributed by atoms with Gasteiger partial charge in [0.25, 0.3) is 10.0 Å². The van der Waals surface area contributed by atoms with Crippen LogP contribution in [0.2, 0.25) is 5.15 Å². The second-order valence-corrected chi connectivity index (χ2v) is 8.04. The van der Waals surface area contributed by atoms with Crippen LogP contribution in [0.15, 0.2) is 29.4 Å². The van der Waals surface area contributed by atoms with Gasteiger partial charge in [-0.2, -0.15) is 13.4 Å². The number of rotatable bonds is 7. The molecule has 0 aliphatic heterocycles. The number of nitrogens with zero attached hydrogens (tertiary/aromatic N) is 4. The van der Waals surface area contributed by atoms with Crippen molar-refractivity contribution in [3.63, 3.8) is 0 Å². The van der Waals surface area contributed by atoms with Gasteiger partial charge >= 0.3 is 6.03 Å². The van der Waals surface area contributed by atoms with Gasteiger partial charge in [0, 0.05) is 11.8 Å². The summed E-state index contributed by atoms with van der Waals surface area (Å²) in [5, 5.41) is 1.55. The molecule has 0 saturated heterocycles. The lowest BCUT2D eigenvalue weighted by Crippen LogP contribution is -2.35. The minimum Gasteiger partial charge on any atom is -0.492 e. The lowest BCUT2D eigenvalue weighted by molar-refractivity contribution is 0.256. The number of sulfonamides is 1. The number of aromatic nitrogens is 4. The van der Waals surface area contributed by atoms with Crippen LogP contribution in [-0.4, -0.2) is 47.5 Å². The van der Waals surface area contributed by atoms with E-state index in [0.717, 1.165) is 6.42 Å². The molecular weight excluding hydrogens is 436 g/mol. The molecule has 0 aliphatic rings. The number of aryl methyl sites for hydroxylation is 1. The maximum atomic E-state index is 12.8. The summed E-state index contributed by atoms with van der Waals surface area (Å²) < 4.78 is 39.3. The molecule has 3 aromatic heterocycles. The highest BCUT2D eigenvalue weighted by atomic mass is 35.5. The Morgan fingerprint density at radius 2 is 2.03 bits per heavy atom. The van der Waals surface area contributed by atoms with Gasteiger partial charge in [-0.05, 0) is 25.5 Å². The molecular formula is C17H19ClN6O5S. The van der Waals surface area contributed by atoms with Gasteiger partial charge in [0.1, 0.15) is 11.4 Å². The van der Waals surface area contributed by atoms with E-state index in [2.05, 4.69) is 20.3 Å². The molecule has 0 spiro atoms. The zero-order chi connectivity index (χ0) is 21.9. The van der Waals surface area contributed by atoms with Crippen LogP contribution >= 0.6 is 11.6 Å². The number of pyridine rings is 1. The van der Waals surface area contributed by atoms with Crippen molar-refractivity contribution < 1.29 is 22.7 Å². The van der Waals surface area contributed by atoms with Crippen molar-refractivity contribution in [3.8, 4) is 11.6 Å². The van der Waals surface area contributed by atoms with E-state index >= 15 is 0 Å². The van der Waals surface area contributed by atoms with Crippen LogP contribution in [0.3, 0.4) is 0 Å². The summed E-state index contributed by atoms with van der Waals surface area (Å²) in [5.41, 5.74) is 0.792. The number of anilines is 1. The normalized spacial score (nSPS) is 11.3. The Kier molecular flexibility index (Phi) is 6.27. The molecule has 160 valence electrons. The van der Waals surface area contributed by atoms with E-state index in [4.69, 9.17) is 21.1 Å². The largest absolute Gasteiger partial charge is 0.492 e. The summed E-state index contributed by atoms with van der Waals surface area (Å²) in [6, 6.07) is 3.68. The number of amides is 2. The second kappa shape index (κ2) is 8.71. The molecule has 0 saturated carbocycles. The molecule has 11 nitrogen and oxygen atoms in total. The number of methoxy groups -OCH3 is 1. The Morgan fingerprint density at radius 1 is 1.27 bits per heavy atom. The first kappa shape index (κ1) is 21.6. The van der Waals surface area contributed by atoms with Crippen LogP contribution in [0.4, 0.5) is 10.7 Å². The standard InChI is InChI=1S/C17H19ClN6O5S/c1-4-7-29-11-5-6-12-20-14(18)15(24(12)9-11)30(26,27)23-17(25)22-16-19-10(2)8-13(21-16)28-3/h5-6,8-9H,4,7H2,1-3H3,(H2,19,21,22,23,25). The van der Waals surface area contributed by atoms with Crippen LogP contribution in [0.25, 0.3) is 5.65 Å². The Labute approximate surface area is 177 Å². The van der Waals surface area contributed by atoms with Gasteiger partial charge in [-0.25, -0.2) is 19.5 Å². The van der Waals surface area contributed by atoms with Gasteiger partial charge in [0.15, 0.2) is 10.2 Å². The minimum absolute atomic E-state index is 0.126. The lowest BCUT2D eigenvalue weighted by atomic mass is 10.4. The first-order valence-electron chi connectivity index (χ1n) is 8.77. The van der Waals surface area contributed by atoms with Gasteiger partial charge in [-0.3, -0.25) is 9.72 Å². The zero-order valence-electron chi connectivity index (χ0n) is 16.3. The Balaban J connectivity index is 1.87. The topological polar surface area (TPSA) is 137 Å². The van der Waals surface area contributed by atoms with Crippen molar-refractivity contribution in [2.24, 2.45) is 0 Å². The lowest BCUT2D eigenvalue weighted by Gasteiger charge is -2.10. The summed E-state index contributed by atoms with van der Waals surface area (Å²) in [4.78, 5) is 24.2. The molecule has 3 rings (SSSR count). The summed E-state index contributed by atoms with van der Waals surface area (Å²) >= 11 is 6.05. The monoisotopic (exact) mass is 454 g/mol. The van der Waals surface area contributed by atoms with E-state index < -0.39 is 21.1 Å². The van der Waals surface area contributed by atoms with Crippen molar-refractivity contribution in [1.82, 2.24) is 24.1 Å². The van der Waals surface area contributed by atoms with E-state index in [9.17, 15) is 13.2 Å². The SMILES string of the molecule is CCCOc1ccc2nc(Cl)c(S(=O)(=O)NC(=O)Nc3nc(C)cc(OC)n3)n2c1. The van der Waals surface area contributed by atoms with Gasteiger partial charge in [-0.1, -0.05) is 18.5 Å². The average Bonchev–Trinajstić information content (AvgIpc) is 3.00. The molecule has 13 heteroatoms. The van der Waals surface area contributed by atoms with Crippen molar-refractivity contribution in [2.75, 3.05) is 19.0 Å². The number of halogens is 1. The fourth-order valence-corrected chi connectivity index (χ4v) is 4.06. The van der Waals surface area contributed by atoms with Crippen LogP contribution in [0.1, 0.15) is 19.0 Å². The smallest absolute Gasteiger partial charge is 0.335 e. The third kappa shape index (κ3) is 4.71. The maximum absolute atomic E-state index is 12.8. The van der Waals surface area contributed by atoms with Gasteiger partial charge < -0.3 is 9.47 Å². The number of imidazole rings is 1. The van der Waals surface area contributed by atoms with Gasteiger partial charge in [0.05, 0.1) is 19.9 Å². The van der Waals surface area contributed by atoms with Gasteiger partial charge in [-0.15, -0.1) is 0 Å². The molecule has 3 heterocycles. The Hall–Kier alpha value is -3.12. The fourth-order valence-electron chi connectivity index (χ4n) is 2.52. The number of ether oxygens (including phenoxy) is 2. The molecule has 2 N–H and O–H groups in total. The molecule has 2 amide bonds. The number of fused-ring (bicyclic) bond motifs is 1. The van der Waals surface area contributed by atoms with Crippen molar-refractivity contribution in [3.05, 3.63) is 35.2 Å². The van der Waals surface area contributed by atoms with Crippen molar-refractivity contribution in [1.29, 1.82) is 0 Å². The molecule has 0 radical (unpaired) electrons. The third-order valence-electron chi connectivity index (χ3n) is 3.73. The van der Waals surface area contributed by atoms with Crippen LogP contribution < -0.4 is 19.5 Å². The summed E-state index contributed by atoms with van der Waals surface area (Å²) in [5.74, 6) is 0.517. The fraction of sp³-hybridized carbons (Fsp3) is 0.294. The number of hydrogen-bond donors (Lipinski definition) is 2. The Morgan fingerprint density at radius 3 is 2.73 bits per heavy atom. The van der Waals surface area contributed by atoms with E-state index in [1.807, 2.05) is 11.6 Å². The number of carbonyl (C=O) groups is 1. The van der Waals surface area contributed by atoms with Gasteiger partial charge in [0.2, 0.25) is 11.8 Å². The number of hydrogen-bond acceptors (Lipinski definition) is 8. The predicted octanol–water partition coefficient (Wildman–Crippen LogP) is 2.39. The quantitative estimate of drug-likeness (QED) is 0.555. The average molecular weight is 455 g/mol. The summed E-state index contributed by atoms with van der Waals surface area (Å²) in [6.07, 6.45) is 2.21. The highest BCUT2D eigenvalue weighted by Crippen LogP contribution is 2.25. The Bertz CT molecular complexity index is 1200. The second-order valence-electron chi connectivity index (χ2n) is 6.08. The molecule has 30 heavy (non-hydrogen) atoms. The van der Waals surface area contributed by atoms with E-state index in [0.29, 0.717) is 18.1 Å². The third-order valence-corrected chi connectivity index (χ3v) is 5.46. The van der Waals surface area contributed by atoms with E-state index in [-0.39, 0.29) is 22.6 Å². The number of carbonyl (C=O) groups excluding carboxylic acids is 1. The zero-order valence-corrected chi connectivity index (χ0v) is 17.9. The van der Waals surface area contributed by atoms with Crippen LogP contribution in [0.5, 0.6) is 11.6 Å². The van der Waals surface area contributed by atoms with Crippen LogP contribution in [-0.2, 0) is 10.0 Å². The minimum atomic E-state index is -4.39. The summed E-state index contributed by atoms with van der Waals surface area (Å²) in [6.45, 7) is 4.07. The number of nitrogens with one attached hydrogen (secondary N) is 2. The molecule has 0 unspecified atom stereocenters. The molecule has 0 bridgehead atoms. The van der Waals surface area contributed by atoms with E-state index in [1.165, 1.54) is 17.7 Å². The van der Waals surface area contributed by atoms with Crippen LogP contribution in [0, 0.1) is 6.92 Å². The molecule has 3 aromatic rings. The van der Waals surface area contributed by atoms with Crippen molar-refractivity contribution >= 4 is 39.3 Å². The molecule has 0 aromatic carbocycles. The summed E-state index contributed by atoms with van der Waals surface area (Å²) in [7, 11) is -2.99.